The van der Waals surface area contributed by atoms with Crippen LogP contribution in [0.25, 0.3) is 0 Å². The van der Waals surface area contributed by atoms with Gasteiger partial charge in [0.25, 0.3) is 0 Å². The Kier molecular flexibility index (Phi) is 4.52. The Labute approximate surface area is 112 Å². The molecule has 19 heavy (non-hydrogen) atoms. The second kappa shape index (κ2) is 5.56. The molecule has 0 spiro atoms. The highest BCUT2D eigenvalue weighted by Crippen LogP contribution is 2.19. The van der Waals surface area contributed by atoms with Crippen LogP contribution in [-0.2, 0) is 10.0 Å². The van der Waals surface area contributed by atoms with Gasteiger partial charge in [-0.2, -0.15) is 0 Å². The molecule has 0 saturated carbocycles. The smallest absolute Gasteiger partial charge is 0.354 e. The van der Waals surface area contributed by atoms with E-state index in [1.54, 1.807) is 0 Å². The predicted octanol–water partition coefficient (Wildman–Crippen LogP) is 1.96. The molecule has 0 aliphatic carbocycles. The number of hydrogen-bond donors (Lipinski definition) is 2. The number of rotatable bonds is 5. The van der Waals surface area contributed by atoms with Crippen LogP contribution < -0.4 is 4.72 Å². The average Bonchev–Trinajstić information content (AvgIpc) is 2.25. The van der Waals surface area contributed by atoms with Crippen LogP contribution in [0.5, 0.6) is 0 Å². The van der Waals surface area contributed by atoms with Gasteiger partial charge in [0.2, 0.25) is 10.0 Å². The predicted molar refractivity (Wildman–Crippen MR) is 72.7 cm³/mol. The molecule has 0 unspecified atom stereocenters. The zero-order valence-electron chi connectivity index (χ0n) is 11.2. The summed E-state index contributed by atoms with van der Waals surface area (Å²) >= 11 is 0. The number of carbonyl (C=O) groups is 1. The van der Waals surface area contributed by atoms with Gasteiger partial charge in [0.1, 0.15) is 5.82 Å². The topological polar surface area (TPSA) is 96.4 Å². The molecule has 7 heteroatoms. The third-order valence-electron chi connectivity index (χ3n) is 2.35. The van der Waals surface area contributed by atoms with Crippen molar-refractivity contribution < 1.29 is 18.3 Å². The van der Waals surface area contributed by atoms with Crippen LogP contribution in [0.3, 0.4) is 0 Å². The Morgan fingerprint density at radius 3 is 2.53 bits per heavy atom. The number of nitrogens with zero attached hydrogens (tertiary/aromatic N) is 1. The first-order valence-corrected chi connectivity index (χ1v) is 7.45. The van der Waals surface area contributed by atoms with Crippen LogP contribution in [0.4, 0.5) is 5.82 Å². The van der Waals surface area contributed by atoms with Gasteiger partial charge < -0.3 is 5.11 Å². The van der Waals surface area contributed by atoms with Gasteiger partial charge in [-0.15, -0.1) is 0 Å². The zero-order valence-corrected chi connectivity index (χ0v) is 12.0. The summed E-state index contributed by atoms with van der Waals surface area (Å²) in [6, 6.07) is 4.16. The molecule has 6 nitrogen and oxygen atoms in total. The van der Waals surface area contributed by atoms with Crippen molar-refractivity contribution >= 4 is 21.8 Å². The molecule has 0 saturated heterocycles. The summed E-state index contributed by atoms with van der Waals surface area (Å²) in [4.78, 5) is 14.4. The van der Waals surface area contributed by atoms with E-state index in [0.717, 1.165) is 0 Å². The second-order valence-corrected chi connectivity index (χ2v) is 7.29. The third kappa shape index (κ3) is 5.69. The maximum atomic E-state index is 11.8. The van der Waals surface area contributed by atoms with Gasteiger partial charge in [-0.05, 0) is 24.0 Å². The molecule has 1 aromatic rings. The van der Waals surface area contributed by atoms with E-state index in [1.165, 1.54) is 18.2 Å². The van der Waals surface area contributed by atoms with Gasteiger partial charge in [-0.3, -0.25) is 4.72 Å². The molecule has 0 aliphatic heterocycles. The van der Waals surface area contributed by atoms with Gasteiger partial charge in [0, 0.05) is 0 Å². The van der Waals surface area contributed by atoms with Crippen LogP contribution >= 0.6 is 0 Å². The minimum Gasteiger partial charge on any atom is -0.477 e. The lowest BCUT2D eigenvalue weighted by atomic mass is 9.94. The Balaban J connectivity index is 2.78. The van der Waals surface area contributed by atoms with Crippen LogP contribution in [-0.4, -0.2) is 30.2 Å². The maximum Gasteiger partial charge on any atom is 0.354 e. The highest BCUT2D eigenvalue weighted by Gasteiger charge is 2.18. The Morgan fingerprint density at radius 1 is 1.37 bits per heavy atom. The largest absolute Gasteiger partial charge is 0.477 e. The molecule has 0 bridgehead atoms. The summed E-state index contributed by atoms with van der Waals surface area (Å²) in [7, 11) is -3.52. The maximum absolute atomic E-state index is 11.8. The summed E-state index contributed by atoms with van der Waals surface area (Å²) in [5.41, 5.74) is -0.290. The molecular weight excluding hydrogens is 268 g/mol. The van der Waals surface area contributed by atoms with Crippen LogP contribution in [0, 0.1) is 5.41 Å². The van der Waals surface area contributed by atoms with Crippen molar-refractivity contribution in [3.8, 4) is 0 Å². The van der Waals surface area contributed by atoms with E-state index in [4.69, 9.17) is 5.11 Å². The van der Waals surface area contributed by atoms with Crippen molar-refractivity contribution in [1.82, 2.24) is 4.98 Å². The second-order valence-electron chi connectivity index (χ2n) is 5.44. The molecule has 106 valence electrons. The summed E-state index contributed by atoms with van der Waals surface area (Å²) in [6.45, 7) is 5.85. The molecule has 0 amide bonds. The van der Waals surface area contributed by atoms with E-state index in [1.807, 2.05) is 20.8 Å². The van der Waals surface area contributed by atoms with Gasteiger partial charge in [-0.25, -0.2) is 18.2 Å². The Hall–Kier alpha value is -1.63. The molecule has 2 N–H and O–H groups in total. The number of pyridine rings is 1. The Morgan fingerprint density at radius 2 is 2.00 bits per heavy atom. The van der Waals surface area contributed by atoms with E-state index < -0.39 is 16.0 Å². The van der Waals surface area contributed by atoms with Crippen molar-refractivity contribution in [2.45, 2.75) is 27.2 Å². The SMILES string of the molecule is CC(C)(C)CCS(=O)(=O)Nc1cccc(C(=O)O)n1. The molecule has 1 rings (SSSR count). The van der Waals surface area contributed by atoms with Crippen molar-refractivity contribution in [2.24, 2.45) is 5.41 Å². The van der Waals surface area contributed by atoms with Crippen molar-refractivity contribution in [2.75, 3.05) is 10.5 Å². The normalized spacial score (nSPS) is 12.2. The van der Waals surface area contributed by atoms with Gasteiger partial charge >= 0.3 is 5.97 Å². The molecular formula is C12H18N2O4S. The highest BCUT2D eigenvalue weighted by molar-refractivity contribution is 7.92. The first-order valence-electron chi connectivity index (χ1n) is 5.80. The lowest BCUT2D eigenvalue weighted by Gasteiger charge is -2.18. The Bertz CT molecular complexity index is 561. The minimum absolute atomic E-state index is 0.0220. The summed E-state index contributed by atoms with van der Waals surface area (Å²) in [5, 5.41) is 8.78. The van der Waals surface area contributed by atoms with Crippen LogP contribution in [0.1, 0.15) is 37.7 Å². The monoisotopic (exact) mass is 286 g/mol. The lowest BCUT2D eigenvalue weighted by molar-refractivity contribution is 0.0690. The number of sulfonamides is 1. The van der Waals surface area contributed by atoms with E-state index in [0.29, 0.717) is 6.42 Å². The van der Waals surface area contributed by atoms with E-state index in [-0.39, 0.29) is 22.7 Å². The molecule has 0 aliphatic rings. The fourth-order valence-electron chi connectivity index (χ4n) is 1.26. The number of aromatic carboxylic acids is 1. The number of aromatic nitrogens is 1. The molecule has 0 atom stereocenters. The average molecular weight is 286 g/mol. The lowest BCUT2D eigenvalue weighted by Crippen LogP contribution is -2.21. The fraction of sp³-hybridized carbons (Fsp3) is 0.500. The number of nitrogens with one attached hydrogen (secondary N) is 1. The molecule has 0 radical (unpaired) electrons. The summed E-state index contributed by atoms with van der Waals surface area (Å²) in [6.07, 6.45) is 0.501. The summed E-state index contributed by atoms with van der Waals surface area (Å²) in [5.74, 6) is -1.21. The standard InChI is InChI=1S/C12H18N2O4S/c1-12(2,3)7-8-19(17,18)14-10-6-4-5-9(13-10)11(15)16/h4-6H,7-8H2,1-3H3,(H,13,14)(H,15,16). The van der Waals surface area contributed by atoms with Crippen molar-refractivity contribution in [1.29, 1.82) is 0 Å². The zero-order chi connectivity index (χ0) is 14.7. The number of carboxylic acid groups (broad SMARTS) is 1. The molecule has 0 fully saturated rings. The van der Waals surface area contributed by atoms with Gasteiger partial charge in [-0.1, -0.05) is 26.8 Å². The quantitative estimate of drug-likeness (QED) is 0.862. The molecule has 1 heterocycles. The molecule has 1 aromatic heterocycles. The number of hydrogen-bond acceptors (Lipinski definition) is 4. The van der Waals surface area contributed by atoms with E-state index in [9.17, 15) is 13.2 Å². The van der Waals surface area contributed by atoms with Crippen LogP contribution in [0.15, 0.2) is 18.2 Å². The van der Waals surface area contributed by atoms with Gasteiger partial charge in [0.15, 0.2) is 5.69 Å². The minimum atomic E-state index is -3.52. The fourth-order valence-corrected chi connectivity index (χ4v) is 2.68. The van der Waals surface area contributed by atoms with E-state index in [2.05, 4.69) is 9.71 Å². The summed E-state index contributed by atoms with van der Waals surface area (Å²) < 4.78 is 25.9. The highest BCUT2D eigenvalue weighted by atomic mass is 32.2. The van der Waals surface area contributed by atoms with Crippen molar-refractivity contribution in [3.63, 3.8) is 0 Å². The first kappa shape index (κ1) is 15.4. The van der Waals surface area contributed by atoms with E-state index >= 15 is 0 Å². The number of carboxylic acids is 1. The first-order chi connectivity index (χ1) is 8.59. The van der Waals surface area contributed by atoms with Gasteiger partial charge in [0.05, 0.1) is 5.75 Å². The third-order valence-corrected chi connectivity index (χ3v) is 3.61. The van der Waals surface area contributed by atoms with Crippen molar-refractivity contribution in [3.05, 3.63) is 23.9 Å². The van der Waals surface area contributed by atoms with Crippen LogP contribution in [0.2, 0.25) is 0 Å². The number of anilines is 1. The molecule has 0 aromatic carbocycles.